The lowest BCUT2D eigenvalue weighted by atomic mass is 9.91. The predicted molar refractivity (Wildman–Crippen MR) is 65.4 cm³/mol. The third kappa shape index (κ3) is 2.47. The number of likely N-dealkylation sites (N-methyl/N-ethyl adjacent to an activating group) is 1. The summed E-state index contributed by atoms with van der Waals surface area (Å²) in [6.45, 7) is 6.74. The Kier molecular flexibility index (Phi) is 3.82. The van der Waals surface area contributed by atoms with Crippen LogP contribution in [-0.2, 0) is 6.54 Å². The van der Waals surface area contributed by atoms with Gasteiger partial charge < -0.3 is 16.9 Å². The van der Waals surface area contributed by atoms with Crippen LogP contribution in [0.1, 0.15) is 25.0 Å². The van der Waals surface area contributed by atoms with E-state index in [0.717, 1.165) is 17.6 Å². The predicted octanol–water partition coefficient (Wildman–Crippen LogP) is 0.0740. The Hall–Kier alpha value is -0.790. The maximum absolute atomic E-state index is 2.30. The second kappa shape index (κ2) is 4.60. The SMILES string of the molecule is CC(C)=C1C[N+](C)(C)Cc2ccccc21.[Cl-]. The number of allylic oxidation sites excluding steroid dienone is 1. The number of nitrogens with zero attached hydrogens (tertiary/aromatic N) is 1. The number of benzene rings is 1. The molecule has 2 heteroatoms. The fourth-order valence-corrected chi connectivity index (χ4v) is 2.41. The van der Waals surface area contributed by atoms with Crippen molar-refractivity contribution in [1.29, 1.82) is 0 Å². The summed E-state index contributed by atoms with van der Waals surface area (Å²) < 4.78 is 1.07. The number of halogens is 1. The van der Waals surface area contributed by atoms with Gasteiger partial charge in [0.15, 0.2) is 0 Å². The first-order chi connectivity index (χ1) is 6.99. The lowest BCUT2D eigenvalue weighted by Crippen LogP contribution is -3.00. The molecule has 0 fully saturated rings. The highest BCUT2D eigenvalue weighted by molar-refractivity contribution is 5.72. The van der Waals surface area contributed by atoms with E-state index in [2.05, 4.69) is 52.2 Å². The van der Waals surface area contributed by atoms with Gasteiger partial charge in [-0.05, 0) is 19.4 Å². The minimum absolute atomic E-state index is 0. The Balaban J connectivity index is 0.00000128. The zero-order valence-electron chi connectivity index (χ0n) is 10.5. The minimum atomic E-state index is 0. The molecule has 0 aliphatic carbocycles. The van der Waals surface area contributed by atoms with Crippen molar-refractivity contribution in [3.05, 3.63) is 41.0 Å². The van der Waals surface area contributed by atoms with Crippen molar-refractivity contribution in [3.63, 3.8) is 0 Å². The number of rotatable bonds is 0. The molecule has 0 bridgehead atoms. The summed E-state index contributed by atoms with van der Waals surface area (Å²) in [7, 11) is 4.61. The Morgan fingerprint density at radius 1 is 1.06 bits per heavy atom. The van der Waals surface area contributed by atoms with Gasteiger partial charge in [-0.2, -0.15) is 0 Å². The van der Waals surface area contributed by atoms with Gasteiger partial charge in [0.05, 0.1) is 14.1 Å². The third-order valence-electron chi connectivity index (χ3n) is 3.13. The van der Waals surface area contributed by atoms with Gasteiger partial charge in [0, 0.05) is 11.1 Å². The Morgan fingerprint density at radius 2 is 1.69 bits per heavy atom. The highest BCUT2D eigenvalue weighted by Crippen LogP contribution is 2.31. The first-order valence-corrected chi connectivity index (χ1v) is 5.56. The minimum Gasteiger partial charge on any atom is -1.00 e. The van der Waals surface area contributed by atoms with E-state index >= 15 is 0 Å². The van der Waals surface area contributed by atoms with Gasteiger partial charge >= 0.3 is 0 Å². The van der Waals surface area contributed by atoms with Gasteiger partial charge in [-0.25, -0.2) is 0 Å². The monoisotopic (exact) mass is 237 g/mol. The molecule has 1 aromatic rings. The molecule has 0 unspecified atom stereocenters. The third-order valence-corrected chi connectivity index (χ3v) is 3.13. The van der Waals surface area contributed by atoms with Crippen molar-refractivity contribution in [3.8, 4) is 0 Å². The molecule has 16 heavy (non-hydrogen) atoms. The topological polar surface area (TPSA) is 0 Å². The number of hydrogen-bond acceptors (Lipinski definition) is 0. The number of fused-ring (bicyclic) bond motifs is 1. The normalized spacial score (nSPS) is 17.4. The zero-order chi connectivity index (χ0) is 11.1. The van der Waals surface area contributed by atoms with E-state index in [0.29, 0.717) is 0 Å². The number of quaternary nitrogens is 1. The van der Waals surface area contributed by atoms with Crippen LogP contribution in [0.25, 0.3) is 5.57 Å². The highest BCUT2D eigenvalue weighted by Gasteiger charge is 2.27. The van der Waals surface area contributed by atoms with Crippen molar-refractivity contribution in [1.82, 2.24) is 0 Å². The molecule has 0 amide bonds. The van der Waals surface area contributed by atoms with Crippen molar-refractivity contribution in [2.24, 2.45) is 0 Å². The van der Waals surface area contributed by atoms with E-state index < -0.39 is 0 Å². The molecule has 1 nitrogen and oxygen atoms in total. The second-order valence-electron chi connectivity index (χ2n) is 5.39. The molecule has 1 heterocycles. The van der Waals surface area contributed by atoms with E-state index in [-0.39, 0.29) is 12.4 Å². The zero-order valence-corrected chi connectivity index (χ0v) is 11.3. The maximum Gasteiger partial charge on any atom is 0.105 e. The smallest absolute Gasteiger partial charge is 0.105 e. The lowest BCUT2D eigenvalue weighted by molar-refractivity contribution is -0.897. The molecular formula is C14H20ClN. The summed E-state index contributed by atoms with van der Waals surface area (Å²) in [6.07, 6.45) is 0. The molecule has 0 saturated carbocycles. The van der Waals surface area contributed by atoms with Crippen LogP contribution in [0.2, 0.25) is 0 Å². The van der Waals surface area contributed by atoms with Gasteiger partial charge in [0.2, 0.25) is 0 Å². The van der Waals surface area contributed by atoms with E-state index in [1.165, 1.54) is 22.3 Å². The van der Waals surface area contributed by atoms with Crippen LogP contribution in [0.15, 0.2) is 29.8 Å². The van der Waals surface area contributed by atoms with Gasteiger partial charge in [0.25, 0.3) is 0 Å². The van der Waals surface area contributed by atoms with Crippen molar-refractivity contribution in [2.75, 3.05) is 20.6 Å². The first-order valence-electron chi connectivity index (χ1n) is 5.56. The molecule has 0 radical (unpaired) electrons. The summed E-state index contributed by atoms with van der Waals surface area (Å²) in [5.74, 6) is 0. The van der Waals surface area contributed by atoms with Gasteiger partial charge in [-0.3, -0.25) is 0 Å². The van der Waals surface area contributed by atoms with Crippen LogP contribution in [0, 0.1) is 0 Å². The molecule has 1 aliphatic rings. The second-order valence-corrected chi connectivity index (χ2v) is 5.39. The molecule has 1 aliphatic heterocycles. The summed E-state index contributed by atoms with van der Waals surface area (Å²) in [6, 6.07) is 8.81. The Morgan fingerprint density at radius 3 is 2.31 bits per heavy atom. The lowest BCUT2D eigenvalue weighted by Gasteiger charge is -2.36. The molecule has 1 aromatic carbocycles. The van der Waals surface area contributed by atoms with Gasteiger partial charge in [0.1, 0.15) is 13.1 Å². The van der Waals surface area contributed by atoms with Crippen LogP contribution in [0.3, 0.4) is 0 Å². The van der Waals surface area contributed by atoms with E-state index in [1.807, 2.05) is 0 Å². The van der Waals surface area contributed by atoms with Crippen LogP contribution in [-0.4, -0.2) is 25.1 Å². The average Bonchev–Trinajstić information content (AvgIpc) is 2.14. The molecule has 0 spiro atoms. The largest absolute Gasteiger partial charge is 1.00 e. The highest BCUT2D eigenvalue weighted by atomic mass is 35.5. The van der Waals surface area contributed by atoms with Crippen LogP contribution in [0.4, 0.5) is 0 Å². The summed E-state index contributed by atoms with van der Waals surface area (Å²) in [5, 5.41) is 0. The fourth-order valence-electron chi connectivity index (χ4n) is 2.41. The van der Waals surface area contributed by atoms with Crippen molar-refractivity contribution in [2.45, 2.75) is 20.4 Å². The Labute approximate surface area is 105 Å². The maximum atomic E-state index is 2.30. The Bertz CT molecular complexity index is 414. The quantitative estimate of drug-likeness (QED) is 0.561. The molecule has 0 saturated heterocycles. The van der Waals surface area contributed by atoms with Crippen LogP contribution in [0.5, 0.6) is 0 Å². The van der Waals surface area contributed by atoms with Crippen molar-refractivity contribution < 1.29 is 16.9 Å². The average molecular weight is 238 g/mol. The van der Waals surface area contributed by atoms with E-state index in [1.54, 1.807) is 0 Å². The molecular weight excluding hydrogens is 218 g/mol. The molecule has 2 rings (SSSR count). The van der Waals surface area contributed by atoms with Gasteiger partial charge in [-0.1, -0.05) is 29.8 Å². The van der Waals surface area contributed by atoms with Crippen LogP contribution < -0.4 is 12.4 Å². The molecule has 0 atom stereocenters. The summed E-state index contributed by atoms with van der Waals surface area (Å²) in [5.41, 5.74) is 5.94. The first kappa shape index (κ1) is 13.3. The van der Waals surface area contributed by atoms with Gasteiger partial charge in [-0.15, -0.1) is 0 Å². The fraction of sp³-hybridized carbons (Fsp3) is 0.429. The number of hydrogen-bond donors (Lipinski definition) is 0. The molecule has 88 valence electrons. The summed E-state index contributed by atoms with van der Waals surface area (Å²) >= 11 is 0. The van der Waals surface area contributed by atoms with Crippen molar-refractivity contribution >= 4 is 5.57 Å². The van der Waals surface area contributed by atoms with E-state index in [9.17, 15) is 0 Å². The molecule has 0 N–H and O–H groups in total. The molecule has 0 aromatic heterocycles. The standard InChI is InChI=1S/C14H20N.ClH/c1-11(2)14-10-15(3,4)9-12-7-5-6-8-13(12)14;/h5-8H,9-10H2,1-4H3;1H/q+1;/p-1. The van der Waals surface area contributed by atoms with E-state index in [4.69, 9.17) is 0 Å². The summed E-state index contributed by atoms with van der Waals surface area (Å²) in [4.78, 5) is 0. The van der Waals surface area contributed by atoms with Crippen LogP contribution >= 0.6 is 0 Å².